The number of aryl methyl sites for hydroxylation is 2. The standard InChI is InChI=1S/C14H23N/c1-5-7-10-15(4)14-11-13(6-2)9-8-12(14)3/h8-9,11H,5-7,10H2,1-4H3. The summed E-state index contributed by atoms with van der Waals surface area (Å²) in [6.07, 6.45) is 3.65. The van der Waals surface area contributed by atoms with Crippen LogP contribution in [0.15, 0.2) is 18.2 Å². The molecule has 1 rings (SSSR count). The van der Waals surface area contributed by atoms with Crippen LogP contribution in [0.2, 0.25) is 0 Å². The summed E-state index contributed by atoms with van der Waals surface area (Å²) in [5.41, 5.74) is 4.20. The maximum absolute atomic E-state index is 2.37. The van der Waals surface area contributed by atoms with Crippen LogP contribution in [0.4, 0.5) is 5.69 Å². The average Bonchev–Trinajstić information content (AvgIpc) is 2.26. The van der Waals surface area contributed by atoms with Crippen molar-refractivity contribution >= 4 is 5.69 Å². The van der Waals surface area contributed by atoms with Gasteiger partial charge in [0.15, 0.2) is 0 Å². The Bertz CT molecular complexity index is 304. The van der Waals surface area contributed by atoms with E-state index in [2.05, 4.69) is 50.9 Å². The van der Waals surface area contributed by atoms with E-state index in [1.165, 1.54) is 29.7 Å². The summed E-state index contributed by atoms with van der Waals surface area (Å²) < 4.78 is 0. The van der Waals surface area contributed by atoms with Gasteiger partial charge in [0.2, 0.25) is 0 Å². The maximum atomic E-state index is 2.37. The number of anilines is 1. The summed E-state index contributed by atoms with van der Waals surface area (Å²) >= 11 is 0. The molecule has 0 N–H and O–H groups in total. The lowest BCUT2D eigenvalue weighted by molar-refractivity contribution is 0.765. The zero-order valence-corrected chi connectivity index (χ0v) is 10.5. The number of hydrogen-bond acceptors (Lipinski definition) is 1. The minimum Gasteiger partial charge on any atom is -0.374 e. The lowest BCUT2D eigenvalue weighted by atomic mass is 10.1. The van der Waals surface area contributed by atoms with Crippen LogP contribution < -0.4 is 4.90 Å². The van der Waals surface area contributed by atoms with Crippen LogP contribution in [0.1, 0.15) is 37.8 Å². The number of benzene rings is 1. The minimum atomic E-state index is 1.12. The van der Waals surface area contributed by atoms with Crippen molar-refractivity contribution in [3.63, 3.8) is 0 Å². The molecule has 1 heteroatoms. The molecule has 0 spiro atoms. The Labute approximate surface area is 94.1 Å². The third-order valence-electron chi connectivity index (χ3n) is 2.94. The van der Waals surface area contributed by atoms with Gasteiger partial charge in [0, 0.05) is 19.3 Å². The molecule has 0 aliphatic rings. The topological polar surface area (TPSA) is 3.24 Å². The quantitative estimate of drug-likeness (QED) is 0.707. The van der Waals surface area contributed by atoms with Crippen molar-refractivity contribution in [3.8, 4) is 0 Å². The first kappa shape index (κ1) is 12.1. The molecule has 1 nitrogen and oxygen atoms in total. The maximum Gasteiger partial charge on any atom is 0.0396 e. The van der Waals surface area contributed by atoms with Crippen molar-refractivity contribution in [3.05, 3.63) is 29.3 Å². The van der Waals surface area contributed by atoms with E-state index in [0.29, 0.717) is 0 Å². The monoisotopic (exact) mass is 205 g/mol. The molecule has 0 saturated carbocycles. The molecule has 1 aromatic rings. The zero-order valence-electron chi connectivity index (χ0n) is 10.5. The van der Waals surface area contributed by atoms with Crippen LogP contribution in [0.5, 0.6) is 0 Å². The van der Waals surface area contributed by atoms with Gasteiger partial charge >= 0.3 is 0 Å². The van der Waals surface area contributed by atoms with Gasteiger partial charge in [-0.3, -0.25) is 0 Å². The molecule has 0 unspecified atom stereocenters. The molecule has 0 bridgehead atoms. The van der Waals surface area contributed by atoms with Crippen LogP contribution in [0.25, 0.3) is 0 Å². The SMILES string of the molecule is CCCCN(C)c1cc(CC)ccc1C. The molecular formula is C14H23N. The van der Waals surface area contributed by atoms with Crippen LogP contribution in [-0.2, 0) is 6.42 Å². The second kappa shape index (κ2) is 5.79. The minimum absolute atomic E-state index is 1.12. The van der Waals surface area contributed by atoms with E-state index in [9.17, 15) is 0 Å². The van der Waals surface area contributed by atoms with Crippen molar-refractivity contribution in [2.24, 2.45) is 0 Å². The summed E-state index contributed by atoms with van der Waals surface area (Å²) in [7, 11) is 2.19. The van der Waals surface area contributed by atoms with E-state index >= 15 is 0 Å². The molecule has 84 valence electrons. The first-order valence-electron chi connectivity index (χ1n) is 5.99. The van der Waals surface area contributed by atoms with Gasteiger partial charge in [0.25, 0.3) is 0 Å². The molecule has 0 aromatic heterocycles. The highest BCUT2D eigenvalue weighted by Crippen LogP contribution is 2.21. The summed E-state index contributed by atoms with van der Waals surface area (Å²) in [5.74, 6) is 0. The first-order chi connectivity index (χ1) is 7.19. The molecule has 0 atom stereocenters. The highest BCUT2D eigenvalue weighted by atomic mass is 15.1. The van der Waals surface area contributed by atoms with E-state index in [1.54, 1.807) is 0 Å². The zero-order chi connectivity index (χ0) is 11.3. The van der Waals surface area contributed by atoms with E-state index in [1.807, 2.05) is 0 Å². The van der Waals surface area contributed by atoms with Gasteiger partial charge in [-0.15, -0.1) is 0 Å². The summed E-state index contributed by atoms with van der Waals surface area (Å²) in [4.78, 5) is 2.37. The fourth-order valence-electron chi connectivity index (χ4n) is 1.80. The fourth-order valence-corrected chi connectivity index (χ4v) is 1.80. The van der Waals surface area contributed by atoms with Gasteiger partial charge in [-0.2, -0.15) is 0 Å². The Balaban J connectivity index is 2.81. The predicted octanol–water partition coefficient (Wildman–Crippen LogP) is 3.79. The van der Waals surface area contributed by atoms with Crippen molar-refractivity contribution < 1.29 is 0 Å². The van der Waals surface area contributed by atoms with Crippen molar-refractivity contribution in [1.82, 2.24) is 0 Å². The first-order valence-corrected chi connectivity index (χ1v) is 5.99. The summed E-state index contributed by atoms with van der Waals surface area (Å²) in [6.45, 7) is 7.80. The molecule has 0 heterocycles. The molecule has 0 saturated heterocycles. The van der Waals surface area contributed by atoms with Crippen LogP contribution in [0, 0.1) is 6.92 Å². The smallest absolute Gasteiger partial charge is 0.0396 e. The second-order valence-corrected chi connectivity index (χ2v) is 4.25. The average molecular weight is 205 g/mol. The van der Waals surface area contributed by atoms with Crippen LogP contribution in [0.3, 0.4) is 0 Å². The number of rotatable bonds is 5. The molecular weight excluding hydrogens is 182 g/mol. The van der Waals surface area contributed by atoms with E-state index in [-0.39, 0.29) is 0 Å². The second-order valence-electron chi connectivity index (χ2n) is 4.25. The van der Waals surface area contributed by atoms with Gasteiger partial charge in [-0.1, -0.05) is 32.4 Å². The molecule has 1 aromatic carbocycles. The van der Waals surface area contributed by atoms with Crippen molar-refractivity contribution in [2.45, 2.75) is 40.0 Å². The normalized spacial score (nSPS) is 10.4. The van der Waals surface area contributed by atoms with E-state index in [0.717, 1.165) is 13.0 Å². The van der Waals surface area contributed by atoms with Gasteiger partial charge < -0.3 is 4.90 Å². The summed E-state index contributed by atoms with van der Waals surface area (Å²) in [5, 5.41) is 0. The third-order valence-corrected chi connectivity index (χ3v) is 2.94. The van der Waals surface area contributed by atoms with Gasteiger partial charge in [-0.25, -0.2) is 0 Å². The van der Waals surface area contributed by atoms with E-state index < -0.39 is 0 Å². The largest absolute Gasteiger partial charge is 0.374 e. The van der Waals surface area contributed by atoms with Gasteiger partial charge in [-0.05, 0) is 37.0 Å². The summed E-state index contributed by atoms with van der Waals surface area (Å²) in [6, 6.07) is 6.79. The Morgan fingerprint density at radius 1 is 1.20 bits per heavy atom. The van der Waals surface area contributed by atoms with Crippen molar-refractivity contribution in [2.75, 3.05) is 18.5 Å². The van der Waals surface area contributed by atoms with Crippen molar-refractivity contribution in [1.29, 1.82) is 0 Å². The molecule has 0 aliphatic heterocycles. The number of hydrogen-bond donors (Lipinski definition) is 0. The lowest BCUT2D eigenvalue weighted by Crippen LogP contribution is -2.19. The Morgan fingerprint density at radius 2 is 1.93 bits per heavy atom. The lowest BCUT2D eigenvalue weighted by Gasteiger charge is -2.22. The van der Waals surface area contributed by atoms with Gasteiger partial charge in [0.05, 0.1) is 0 Å². The molecule has 0 fully saturated rings. The predicted molar refractivity (Wildman–Crippen MR) is 68.7 cm³/mol. The molecule has 0 radical (unpaired) electrons. The molecule has 0 aliphatic carbocycles. The van der Waals surface area contributed by atoms with Crippen LogP contribution >= 0.6 is 0 Å². The van der Waals surface area contributed by atoms with E-state index in [4.69, 9.17) is 0 Å². The Kier molecular flexibility index (Phi) is 4.67. The van der Waals surface area contributed by atoms with Crippen LogP contribution in [-0.4, -0.2) is 13.6 Å². The number of nitrogens with zero attached hydrogens (tertiary/aromatic N) is 1. The Morgan fingerprint density at radius 3 is 2.53 bits per heavy atom. The Hall–Kier alpha value is -0.980. The van der Waals surface area contributed by atoms with Gasteiger partial charge in [0.1, 0.15) is 0 Å². The fraction of sp³-hybridized carbons (Fsp3) is 0.571. The third kappa shape index (κ3) is 3.26. The number of unbranched alkanes of at least 4 members (excludes halogenated alkanes) is 1. The highest BCUT2D eigenvalue weighted by molar-refractivity contribution is 5.54. The highest BCUT2D eigenvalue weighted by Gasteiger charge is 2.04. The molecule has 0 amide bonds. The molecule has 15 heavy (non-hydrogen) atoms.